The van der Waals surface area contributed by atoms with Crippen molar-refractivity contribution in [3.63, 3.8) is 0 Å². The lowest BCUT2D eigenvalue weighted by molar-refractivity contribution is -0.119. The molecule has 1 atom stereocenters. The summed E-state index contributed by atoms with van der Waals surface area (Å²) in [7, 11) is 1.47. The van der Waals surface area contributed by atoms with Crippen molar-refractivity contribution in [2.45, 2.75) is 12.5 Å². The van der Waals surface area contributed by atoms with Crippen LogP contribution in [0.1, 0.15) is 15.9 Å². The van der Waals surface area contributed by atoms with Crippen molar-refractivity contribution in [2.24, 2.45) is 5.73 Å². The van der Waals surface area contributed by atoms with E-state index in [0.29, 0.717) is 11.3 Å². The zero-order chi connectivity index (χ0) is 17.7. The number of benzene rings is 2. The number of primary amides is 1. The quantitative estimate of drug-likeness (QED) is 0.845. The van der Waals surface area contributed by atoms with E-state index in [0.717, 1.165) is 12.1 Å². The van der Waals surface area contributed by atoms with E-state index >= 15 is 0 Å². The maximum Gasteiger partial charge on any atom is 0.255 e. The molecule has 126 valence electrons. The van der Waals surface area contributed by atoms with Gasteiger partial charge < -0.3 is 15.8 Å². The Labute approximate surface area is 137 Å². The average molecular weight is 334 g/mol. The van der Waals surface area contributed by atoms with Crippen LogP contribution in [0.3, 0.4) is 0 Å². The molecule has 5 nitrogen and oxygen atoms in total. The Morgan fingerprint density at radius 1 is 1.17 bits per heavy atom. The molecule has 0 aliphatic rings. The second-order valence-corrected chi connectivity index (χ2v) is 5.05. The van der Waals surface area contributed by atoms with Gasteiger partial charge >= 0.3 is 0 Å². The molecule has 0 saturated carbocycles. The van der Waals surface area contributed by atoms with Crippen LogP contribution in [0.5, 0.6) is 5.75 Å². The Balaban J connectivity index is 2.21. The molecular formula is C17H16F2N2O3. The number of carbonyl (C=O) groups is 2. The molecule has 0 unspecified atom stereocenters. The Bertz CT molecular complexity index is 765. The number of hydrogen-bond donors (Lipinski definition) is 2. The molecule has 2 aromatic carbocycles. The maximum atomic E-state index is 13.7. The minimum absolute atomic E-state index is 0.0576. The van der Waals surface area contributed by atoms with Gasteiger partial charge in [-0.05, 0) is 23.8 Å². The second-order valence-electron chi connectivity index (χ2n) is 5.05. The number of ether oxygens (including phenoxy) is 1. The van der Waals surface area contributed by atoms with Crippen molar-refractivity contribution in [3.8, 4) is 5.75 Å². The fraction of sp³-hybridized carbons (Fsp3) is 0.176. The van der Waals surface area contributed by atoms with Crippen LogP contribution in [-0.4, -0.2) is 25.0 Å². The number of amides is 2. The normalized spacial score (nSPS) is 11.6. The van der Waals surface area contributed by atoms with E-state index in [2.05, 4.69) is 5.32 Å². The van der Waals surface area contributed by atoms with Gasteiger partial charge in [0.2, 0.25) is 5.91 Å². The van der Waals surface area contributed by atoms with Crippen LogP contribution >= 0.6 is 0 Å². The Morgan fingerprint density at radius 2 is 1.88 bits per heavy atom. The van der Waals surface area contributed by atoms with Crippen molar-refractivity contribution < 1.29 is 23.1 Å². The standard InChI is InChI=1S/C17H16F2N2O3/c1-24-14-8-3-2-5-10(14)9-13(16(20)22)21-17(23)11-6-4-7-12(18)15(11)19/h2-8,13H,9H2,1H3,(H2,20,22)(H,21,23)/t13-/m0/s1. The van der Waals surface area contributed by atoms with Gasteiger partial charge in [-0.3, -0.25) is 9.59 Å². The molecule has 0 bridgehead atoms. The number of nitrogens with one attached hydrogen (secondary N) is 1. The highest BCUT2D eigenvalue weighted by atomic mass is 19.2. The van der Waals surface area contributed by atoms with E-state index in [-0.39, 0.29) is 6.42 Å². The SMILES string of the molecule is COc1ccccc1C[C@H](NC(=O)c1cccc(F)c1F)C(N)=O. The predicted octanol–water partition coefficient (Wildman–Crippen LogP) is 1.80. The number of rotatable bonds is 6. The summed E-state index contributed by atoms with van der Waals surface area (Å²) < 4.78 is 32.1. The van der Waals surface area contributed by atoms with Crippen LogP contribution < -0.4 is 15.8 Å². The zero-order valence-corrected chi connectivity index (χ0v) is 12.9. The van der Waals surface area contributed by atoms with Gasteiger partial charge in [0.1, 0.15) is 11.8 Å². The van der Waals surface area contributed by atoms with Crippen molar-refractivity contribution >= 4 is 11.8 Å². The van der Waals surface area contributed by atoms with E-state index in [9.17, 15) is 18.4 Å². The van der Waals surface area contributed by atoms with Crippen LogP contribution in [0.15, 0.2) is 42.5 Å². The van der Waals surface area contributed by atoms with Gasteiger partial charge in [-0.15, -0.1) is 0 Å². The Morgan fingerprint density at radius 3 is 2.54 bits per heavy atom. The molecule has 24 heavy (non-hydrogen) atoms. The summed E-state index contributed by atoms with van der Waals surface area (Å²) in [6.07, 6.45) is 0.0576. The van der Waals surface area contributed by atoms with Gasteiger partial charge in [-0.25, -0.2) is 8.78 Å². The third-order valence-electron chi connectivity index (χ3n) is 3.46. The van der Waals surface area contributed by atoms with Crippen LogP contribution in [0.25, 0.3) is 0 Å². The first kappa shape index (κ1) is 17.4. The van der Waals surface area contributed by atoms with Crippen molar-refractivity contribution in [1.29, 1.82) is 0 Å². The first-order chi connectivity index (χ1) is 11.4. The van der Waals surface area contributed by atoms with Crippen LogP contribution in [0.4, 0.5) is 8.78 Å². The van der Waals surface area contributed by atoms with E-state index in [1.807, 2.05) is 0 Å². The van der Waals surface area contributed by atoms with Crippen molar-refractivity contribution in [2.75, 3.05) is 7.11 Å². The van der Waals surface area contributed by atoms with Gasteiger partial charge in [0.05, 0.1) is 12.7 Å². The highest BCUT2D eigenvalue weighted by molar-refractivity contribution is 5.97. The highest BCUT2D eigenvalue weighted by Gasteiger charge is 2.23. The number of halogens is 2. The summed E-state index contributed by atoms with van der Waals surface area (Å²) >= 11 is 0. The number of hydrogen-bond acceptors (Lipinski definition) is 3. The zero-order valence-electron chi connectivity index (χ0n) is 12.9. The van der Waals surface area contributed by atoms with Gasteiger partial charge in [0.25, 0.3) is 5.91 Å². The van der Waals surface area contributed by atoms with E-state index in [1.54, 1.807) is 24.3 Å². The lowest BCUT2D eigenvalue weighted by atomic mass is 10.0. The molecule has 2 amide bonds. The topological polar surface area (TPSA) is 81.4 Å². The van der Waals surface area contributed by atoms with Crippen LogP contribution in [0, 0.1) is 11.6 Å². The molecular weight excluding hydrogens is 318 g/mol. The molecule has 0 radical (unpaired) electrons. The number of para-hydroxylation sites is 1. The molecule has 0 spiro atoms. The number of methoxy groups -OCH3 is 1. The van der Waals surface area contributed by atoms with E-state index in [4.69, 9.17) is 10.5 Å². The third-order valence-corrected chi connectivity index (χ3v) is 3.46. The second kappa shape index (κ2) is 7.54. The van der Waals surface area contributed by atoms with Crippen molar-refractivity contribution in [3.05, 3.63) is 65.2 Å². The number of carbonyl (C=O) groups excluding carboxylic acids is 2. The third kappa shape index (κ3) is 3.87. The molecule has 2 rings (SSSR count). The average Bonchev–Trinajstić information content (AvgIpc) is 2.57. The molecule has 0 aromatic heterocycles. The lowest BCUT2D eigenvalue weighted by Crippen LogP contribution is -2.46. The minimum Gasteiger partial charge on any atom is -0.496 e. The van der Waals surface area contributed by atoms with Gasteiger partial charge in [0.15, 0.2) is 11.6 Å². The molecule has 0 fully saturated rings. The smallest absolute Gasteiger partial charge is 0.255 e. The largest absolute Gasteiger partial charge is 0.496 e. The minimum atomic E-state index is -1.28. The summed E-state index contributed by atoms with van der Waals surface area (Å²) in [6, 6.07) is 9.02. The predicted molar refractivity (Wildman–Crippen MR) is 83.5 cm³/mol. The number of nitrogens with two attached hydrogens (primary N) is 1. The van der Waals surface area contributed by atoms with E-state index < -0.39 is 35.1 Å². The molecule has 0 aliphatic carbocycles. The molecule has 0 saturated heterocycles. The first-order valence-corrected chi connectivity index (χ1v) is 7.10. The highest BCUT2D eigenvalue weighted by Crippen LogP contribution is 2.19. The Hall–Kier alpha value is -2.96. The van der Waals surface area contributed by atoms with Gasteiger partial charge in [-0.1, -0.05) is 24.3 Å². The summed E-state index contributed by atoms with van der Waals surface area (Å²) in [5.74, 6) is -3.63. The molecule has 0 aliphatic heterocycles. The summed E-state index contributed by atoms with van der Waals surface area (Å²) in [4.78, 5) is 23.7. The van der Waals surface area contributed by atoms with Gasteiger partial charge in [-0.2, -0.15) is 0 Å². The van der Waals surface area contributed by atoms with Crippen LogP contribution in [0.2, 0.25) is 0 Å². The van der Waals surface area contributed by atoms with Crippen molar-refractivity contribution in [1.82, 2.24) is 5.32 Å². The lowest BCUT2D eigenvalue weighted by Gasteiger charge is -2.17. The summed E-state index contributed by atoms with van der Waals surface area (Å²) in [5, 5.41) is 2.32. The Kier molecular flexibility index (Phi) is 5.47. The van der Waals surface area contributed by atoms with E-state index in [1.165, 1.54) is 13.2 Å². The summed E-state index contributed by atoms with van der Waals surface area (Å²) in [6.45, 7) is 0. The monoisotopic (exact) mass is 334 g/mol. The molecule has 0 heterocycles. The molecule has 3 N–H and O–H groups in total. The summed E-state index contributed by atoms with van der Waals surface area (Å²) in [5.41, 5.74) is 5.45. The fourth-order valence-corrected chi connectivity index (χ4v) is 2.23. The fourth-order valence-electron chi connectivity index (χ4n) is 2.23. The van der Waals surface area contributed by atoms with Gasteiger partial charge in [0, 0.05) is 6.42 Å². The molecule has 2 aromatic rings. The first-order valence-electron chi connectivity index (χ1n) is 7.10. The maximum absolute atomic E-state index is 13.7. The van der Waals surface area contributed by atoms with Crippen LogP contribution in [-0.2, 0) is 11.2 Å². The molecule has 7 heteroatoms.